The molecule has 6 aromatic carbocycles. The van der Waals surface area contributed by atoms with Crippen molar-refractivity contribution < 1.29 is 102 Å². The molecule has 364 valence electrons. The highest BCUT2D eigenvalue weighted by Crippen LogP contribution is 2.31. The van der Waals surface area contributed by atoms with Crippen molar-refractivity contribution in [3.8, 4) is 0 Å². The molecule has 70 heavy (non-hydrogen) atoms. The Morgan fingerprint density at radius 1 is 0.486 bits per heavy atom. The molecule has 0 fully saturated rings. The Morgan fingerprint density at radius 2 is 0.829 bits per heavy atom. The molecule has 0 aliphatic heterocycles. The minimum atomic E-state index is -7.22. The summed E-state index contributed by atoms with van der Waals surface area (Å²) >= 11 is 0. The zero-order valence-corrected chi connectivity index (χ0v) is 33.5. The molecule has 7 aromatic rings. The van der Waals surface area contributed by atoms with Gasteiger partial charge in [-0.05, 0) is 5.56 Å². The van der Waals surface area contributed by atoms with Gasteiger partial charge >= 0.3 is 0 Å². The maximum atomic E-state index is 15.4. The second-order valence-electron chi connectivity index (χ2n) is 14.4. The topological polar surface area (TPSA) is 77.0 Å². The molecule has 0 atom stereocenters. The first kappa shape index (κ1) is 51.5. The fourth-order valence-electron chi connectivity index (χ4n) is 7.42. The molecule has 7 rings (SSSR count). The number of carbonyl (C=O) groups is 1. The number of halogens is 20. The molecule has 0 aliphatic carbocycles. The molecule has 0 saturated heterocycles. The van der Waals surface area contributed by atoms with E-state index in [1.807, 2.05) is 24.3 Å². The molecular formula is C43H16BF20N3O3. The number of nitrogens with zero attached hydrogens (tertiary/aromatic N) is 3. The predicted octanol–water partition coefficient (Wildman–Crippen LogP) is 8.60. The summed E-state index contributed by atoms with van der Waals surface area (Å²) in [7, 11) is 0. The van der Waals surface area contributed by atoms with E-state index in [0.717, 1.165) is 11.3 Å². The Morgan fingerprint density at radius 3 is 1.17 bits per heavy atom. The number of Topliss-reactive ketones (excluding diaryl/α,β-unsaturated/α-hetero) is 1. The highest BCUT2D eigenvalue weighted by Gasteiger charge is 2.52. The maximum Gasteiger partial charge on any atom is 0.269 e. The van der Waals surface area contributed by atoms with Gasteiger partial charge in [-0.1, -0.05) is 42.5 Å². The second kappa shape index (κ2) is 19.6. The van der Waals surface area contributed by atoms with E-state index in [2.05, 4.69) is 4.98 Å². The van der Waals surface area contributed by atoms with Crippen molar-refractivity contribution in [2.75, 3.05) is 0 Å². The van der Waals surface area contributed by atoms with Crippen molar-refractivity contribution in [3.05, 3.63) is 216 Å². The summed E-state index contributed by atoms with van der Waals surface area (Å²) in [6, 6.07) is 15.6. The van der Waals surface area contributed by atoms with Gasteiger partial charge in [-0.2, -0.15) is 4.57 Å². The van der Waals surface area contributed by atoms with Crippen LogP contribution in [0, 0.1) is 126 Å². The summed E-state index contributed by atoms with van der Waals surface area (Å²) in [6.45, 7) is 0.217. The van der Waals surface area contributed by atoms with E-state index in [4.69, 9.17) is 0 Å². The molecule has 1 aromatic heterocycles. The Kier molecular flexibility index (Phi) is 14.4. The molecule has 0 saturated carbocycles. The van der Waals surface area contributed by atoms with Gasteiger partial charge in [0.05, 0.1) is 11.1 Å². The summed E-state index contributed by atoms with van der Waals surface area (Å²) in [5, 5.41) is 10.9. The van der Waals surface area contributed by atoms with Crippen LogP contribution < -0.4 is 26.4 Å². The third kappa shape index (κ3) is 8.63. The Bertz CT molecular complexity index is 2910. The third-order valence-electron chi connectivity index (χ3n) is 10.4. The van der Waals surface area contributed by atoms with Crippen LogP contribution in [-0.4, -0.2) is 21.8 Å². The minimum absolute atomic E-state index is 0.0121. The normalized spacial score (nSPS) is 11.4. The number of hydrogen-bond donors (Lipinski definition) is 0. The first-order chi connectivity index (χ1) is 32.8. The standard InChI is InChI=1S/C24BF20.C19H16N3O3/c26-5-1(6(27)14(35)21(42)13(5)34)25(2-7(28)15(36)22(43)16(37)8(2)29,3-9(30)17(38)23(44)18(39)10(3)31)4-11(32)19(40)24(45)20(41)12(4)33;23-19(16-6-2-1-3-7-16)14-21-10-9-20-17(13-21)11-15-5-4-8-18(12-15)22(24)25/h;1-10,12-13H,11,14H2/q-1;+1. The fraction of sp³-hybridized carbons (Fsp3) is 0.0465. The average Bonchev–Trinajstić information content (AvgIpc) is 3.34. The smallest absolute Gasteiger partial charge is 0.269 e. The molecule has 6 nitrogen and oxygen atoms in total. The van der Waals surface area contributed by atoms with Crippen LogP contribution in [0.25, 0.3) is 0 Å². The molecule has 0 N–H and O–H groups in total. The molecule has 0 amide bonds. The van der Waals surface area contributed by atoms with Crippen molar-refractivity contribution in [3.63, 3.8) is 0 Å². The van der Waals surface area contributed by atoms with Gasteiger partial charge < -0.3 is 0 Å². The van der Waals surface area contributed by atoms with Crippen molar-refractivity contribution in [2.24, 2.45) is 0 Å². The highest BCUT2D eigenvalue weighted by molar-refractivity contribution is 7.20. The van der Waals surface area contributed by atoms with Crippen LogP contribution in [0.2, 0.25) is 0 Å². The van der Waals surface area contributed by atoms with Crippen LogP contribution >= 0.6 is 0 Å². The van der Waals surface area contributed by atoms with Crippen LogP contribution in [0.4, 0.5) is 93.5 Å². The number of benzene rings is 6. The number of nitro benzene ring substituents is 1. The minimum Gasteiger partial charge on any atom is -0.287 e. The predicted molar refractivity (Wildman–Crippen MR) is 200 cm³/mol. The first-order valence-corrected chi connectivity index (χ1v) is 18.7. The van der Waals surface area contributed by atoms with Gasteiger partial charge in [0.1, 0.15) is 58.4 Å². The Hall–Kier alpha value is -7.87. The number of nitro groups is 1. The summed E-state index contributed by atoms with van der Waals surface area (Å²) < 4.78 is 296. The van der Waals surface area contributed by atoms with Crippen LogP contribution in [0.5, 0.6) is 0 Å². The van der Waals surface area contributed by atoms with E-state index in [0.29, 0.717) is 12.0 Å². The molecule has 0 aliphatic rings. The Balaban J connectivity index is 0.000000270. The summed E-state index contributed by atoms with van der Waals surface area (Å²) in [5.41, 5.74) is -12.1. The molecule has 0 radical (unpaired) electrons. The van der Waals surface area contributed by atoms with Crippen LogP contribution in [0.15, 0.2) is 73.2 Å². The van der Waals surface area contributed by atoms with Crippen LogP contribution in [0.1, 0.15) is 21.6 Å². The maximum absolute atomic E-state index is 15.4. The highest BCUT2D eigenvalue weighted by atomic mass is 19.2. The number of ketones is 1. The van der Waals surface area contributed by atoms with E-state index >= 15 is 35.1 Å². The van der Waals surface area contributed by atoms with E-state index in [-0.39, 0.29) is 18.0 Å². The molecule has 0 spiro atoms. The van der Waals surface area contributed by atoms with E-state index in [9.17, 15) is 67.6 Å². The van der Waals surface area contributed by atoms with Gasteiger partial charge in [0.15, 0.2) is 82.2 Å². The quantitative estimate of drug-likeness (QED) is 0.0201. The van der Waals surface area contributed by atoms with Gasteiger partial charge in [0.25, 0.3) is 5.69 Å². The van der Waals surface area contributed by atoms with Gasteiger partial charge in [-0.25, -0.2) is 92.8 Å². The lowest BCUT2D eigenvalue weighted by Gasteiger charge is -2.44. The van der Waals surface area contributed by atoms with Crippen molar-refractivity contribution in [2.45, 2.75) is 13.0 Å². The molecule has 0 bridgehead atoms. The second-order valence-corrected chi connectivity index (χ2v) is 14.4. The third-order valence-corrected chi connectivity index (χ3v) is 10.4. The van der Waals surface area contributed by atoms with Crippen molar-refractivity contribution in [1.29, 1.82) is 0 Å². The van der Waals surface area contributed by atoms with E-state index in [1.54, 1.807) is 41.4 Å². The average molecular weight is 1010 g/mol. The molecular weight excluding hydrogens is 997 g/mol. The lowest BCUT2D eigenvalue weighted by atomic mass is 9.12. The van der Waals surface area contributed by atoms with Gasteiger partial charge in [0.2, 0.25) is 12.3 Å². The number of rotatable bonds is 10. The number of hydrogen-bond acceptors (Lipinski definition) is 4. The van der Waals surface area contributed by atoms with Crippen LogP contribution in [0.3, 0.4) is 0 Å². The lowest BCUT2D eigenvalue weighted by molar-refractivity contribution is -0.684. The Labute approximate surface area is 375 Å². The van der Waals surface area contributed by atoms with Gasteiger partial charge in [-0.15, -0.1) is 21.9 Å². The molecule has 0 unspecified atom stereocenters. The van der Waals surface area contributed by atoms with Gasteiger partial charge in [0, 0.05) is 24.1 Å². The molecule has 1 heterocycles. The molecule has 27 heteroatoms. The number of non-ortho nitro benzene ring substituents is 1. The lowest BCUT2D eigenvalue weighted by Crippen LogP contribution is -2.81. The van der Waals surface area contributed by atoms with E-state index < -0.39 is 149 Å². The van der Waals surface area contributed by atoms with Crippen molar-refractivity contribution in [1.82, 2.24) is 4.98 Å². The zero-order valence-electron chi connectivity index (χ0n) is 33.5. The summed E-state index contributed by atoms with van der Waals surface area (Å²) in [4.78, 5) is 27.0. The zero-order chi connectivity index (χ0) is 52.0. The monoisotopic (exact) mass is 1010 g/mol. The summed E-state index contributed by atoms with van der Waals surface area (Å²) in [6.07, 6.45) is -1.60. The number of carbonyl (C=O) groups excluding carboxylic acids is 1. The largest absolute Gasteiger partial charge is 0.287 e. The first-order valence-electron chi connectivity index (χ1n) is 18.7. The number of aromatic nitrogens is 2. The van der Waals surface area contributed by atoms with E-state index in [1.165, 1.54) is 12.1 Å². The van der Waals surface area contributed by atoms with Gasteiger partial charge in [-0.3, -0.25) is 14.9 Å². The SMILES string of the molecule is Fc1c(F)c(F)c([B-](c2c(F)c(F)c(F)c(F)c2F)(c2c(F)c(F)c(F)c(F)c2F)c2c(F)c(F)c(F)c(F)c2F)c(F)c1F.O=C(C[n+]1ccnc(Cc2cccc([N+](=O)[O-])c2)c1)c1ccccc1. The fourth-order valence-corrected chi connectivity index (χ4v) is 7.42. The van der Waals surface area contributed by atoms with Crippen LogP contribution in [-0.2, 0) is 13.0 Å². The van der Waals surface area contributed by atoms with Crippen molar-refractivity contribution >= 4 is 39.5 Å². The summed E-state index contributed by atoms with van der Waals surface area (Å²) in [5.74, 6) is -71.4.